The smallest absolute Gasteiger partial charge is 0.267 e. The van der Waals surface area contributed by atoms with E-state index in [1.165, 1.54) is 12.8 Å². The third-order valence-electron chi connectivity index (χ3n) is 3.30. The van der Waals surface area contributed by atoms with Crippen molar-refractivity contribution in [3.05, 3.63) is 24.0 Å². The first-order chi connectivity index (χ1) is 8.16. The predicted octanol–water partition coefficient (Wildman–Crippen LogP) is 0.720. The monoisotopic (exact) mass is 234 g/mol. The normalized spacial score (nSPS) is 23.6. The summed E-state index contributed by atoms with van der Waals surface area (Å²) < 4.78 is 0. The van der Waals surface area contributed by atoms with Gasteiger partial charge in [-0.05, 0) is 30.9 Å². The Bertz CT molecular complexity index is 407. The fourth-order valence-corrected chi connectivity index (χ4v) is 2.24. The Morgan fingerprint density at radius 3 is 3.00 bits per heavy atom. The van der Waals surface area contributed by atoms with Gasteiger partial charge in [0.05, 0.1) is 0 Å². The minimum absolute atomic E-state index is 0.283. The van der Waals surface area contributed by atoms with Gasteiger partial charge in [-0.15, -0.1) is 0 Å². The molecule has 1 aliphatic carbocycles. The van der Waals surface area contributed by atoms with Crippen LogP contribution in [0.5, 0.6) is 0 Å². The van der Waals surface area contributed by atoms with Gasteiger partial charge in [-0.3, -0.25) is 9.78 Å². The van der Waals surface area contributed by atoms with Crippen LogP contribution in [0, 0.1) is 5.92 Å². The fraction of sp³-hybridized carbons (Fsp3) is 0.500. The van der Waals surface area contributed by atoms with Gasteiger partial charge in [-0.25, -0.2) is 0 Å². The minimum atomic E-state index is -0.508. The van der Waals surface area contributed by atoms with Crippen LogP contribution in [0.4, 0.5) is 5.69 Å². The molecule has 0 bridgehead atoms. The van der Waals surface area contributed by atoms with Crippen LogP contribution in [0.2, 0.25) is 0 Å². The maximum Gasteiger partial charge on any atom is 0.267 e. The van der Waals surface area contributed by atoms with Gasteiger partial charge in [0, 0.05) is 24.5 Å². The number of primary amides is 1. The quantitative estimate of drug-likeness (QED) is 0.715. The summed E-state index contributed by atoms with van der Waals surface area (Å²) in [4.78, 5) is 14.9. The lowest BCUT2D eigenvalue weighted by molar-refractivity contribution is 0.0995. The number of hydrogen-bond donors (Lipinski definition) is 3. The van der Waals surface area contributed by atoms with Crippen LogP contribution in [0.3, 0.4) is 0 Å². The molecule has 5 nitrogen and oxygen atoms in total. The first-order valence-corrected chi connectivity index (χ1v) is 5.92. The largest absolute Gasteiger partial charge is 0.385 e. The fourth-order valence-electron chi connectivity index (χ4n) is 2.24. The molecule has 5 heteroatoms. The summed E-state index contributed by atoms with van der Waals surface area (Å²) in [7, 11) is 0. The molecule has 0 aromatic carbocycles. The van der Waals surface area contributed by atoms with E-state index in [1.807, 2.05) is 6.07 Å². The number of carbonyl (C=O) groups excluding carboxylic acids is 1. The predicted molar refractivity (Wildman–Crippen MR) is 66.6 cm³/mol. The molecule has 5 N–H and O–H groups in total. The number of nitrogens with one attached hydrogen (secondary N) is 1. The summed E-state index contributed by atoms with van der Waals surface area (Å²) in [5.41, 5.74) is 12.3. The van der Waals surface area contributed by atoms with E-state index in [2.05, 4.69) is 10.3 Å². The van der Waals surface area contributed by atoms with E-state index < -0.39 is 5.91 Å². The molecular weight excluding hydrogens is 216 g/mol. The van der Waals surface area contributed by atoms with Gasteiger partial charge in [0.1, 0.15) is 5.69 Å². The number of hydrogen-bond acceptors (Lipinski definition) is 4. The van der Waals surface area contributed by atoms with E-state index in [1.54, 1.807) is 12.3 Å². The number of rotatable bonds is 4. The molecule has 1 fully saturated rings. The second-order valence-electron chi connectivity index (χ2n) is 4.53. The Kier molecular flexibility index (Phi) is 3.58. The van der Waals surface area contributed by atoms with Crippen LogP contribution in [0.15, 0.2) is 18.3 Å². The second-order valence-corrected chi connectivity index (χ2v) is 4.53. The molecule has 1 saturated carbocycles. The lowest BCUT2D eigenvalue weighted by atomic mass is 10.0. The Balaban J connectivity index is 1.94. The highest BCUT2D eigenvalue weighted by Crippen LogP contribution is 2.24. The highest BCUT2D eigenvalue weighted by atomic mass is 16.1. The Morgan fingerprint density at radius 1 is 1.53 bits per heavy atom. The van der Waals surface area contributed by atoms with Gasteiger partial charge >= 0.3 is 0 Å². The first-order valence-electron chi connectivity index (χ1n) is 5.92. The number of nitrogens with zero attached hydrogens (tertiary/aromatic N) is 1. The van der Waals surface area contributed by atoms with Gasteiger partial charge in [0.15, 0.2) is 0 Å². The van der Waals surface area contributed by atoms with Crippen LogP contribution in [0.1, 0.15) is 29.8 Å². The number of aromatic nitrogens is 1. The molecule has 2 unspecified atom stereocenters. The number of nitrogens with two attached hydrogens (primary N) is 2. The van der Waals surface area contributed by atoms with E-state index in [-0.39, 0.29) is 5.69 Å². The Hall–Kier alpha value is -1.62. The molecule has 0 saturated heterocycles. The molecule has 92 valence electrons. The van der Waals surface area contributed by atoms with Crippen molar-refractivity contribution in [1.29, 1.82) is 0 Å². The van der Waals surface area contributed by atoms with Crippen molar-refractivity contribution in [3.63, 3.8) is 0 Å². The number of pyridine rings is 1. The molecule has 1 amide bonds. The molecule has 17 heavy (non-hydrogen) atoms. The summed E-state index contributed by atoms with van der Waals surface area (Å²) in [6.07, 6.45) is 5.06. The van der Waals surface area contributed by atoms with Crippen LogP contribution in [-0.2, 0) is 0 Å². The average Bonchev–Trinajstić information content (AvgIpc) is 2.72. The first kappa shape index (κ1) is 11.9. The lowest BCUT2D eigenvalue weighted by Crippen LogP contribution is -2.29. The topological polar surface area (TPSA) is 94.0 Å². The molecule has 0 radical (unpaired) electrons. The summed E-state index contributed by atoms with van der Waals surface area (Å²) >= 11 is 0. The molecule has 0 spiro atoms. The van der Waals surface area contributed by atoms with Gasteiger partial charge in [-0.1, -0.05) is 6.42 Å². The van der Waals surface area contributed by atoms with Gasteiger partial charge in [-0.2, -0.15) is 0 Å². The molecule has 1 aromatic heterocycles. The maximum absolute atomic E-state index is 11.0. The SMILES string of the molecule is NC(=O)c1cc(NCC2CCCC2N)ccn1. The van der Waals surface area contributed by atoms with Crippen LogP contribution < -0.4 is 16.8 Å². The van der Waals surface area contributed by atoms with Crippen molar-refractivity contribution in [2.45, 2.75) is 25.3 Å². The standard InChI is InChI=1S/C12H18N4O/c13-10-3-1-2-8(10)7-16-9-4-5-15-11(6-9)12(14)17/h4-6,8,10H,1-3,7,13H2,(H2,14,17)(H,15,16). The highest BCUT2D eigenvalue weighted by Gasteiger charge is 2.23. The second kappa shape index (κ2) is 5.14. The summed E-state index contributed by atoms with van der Waals surface area (Å²) in [6, 6.07) is 3.79. The van der Waals surface area contributed by atoms with E-state index >= 15 is 0 Å². The van der Waals surface area contributed by atoms with E-state index in [4.69, 9.17) is 11.5 Å². The molecular formula is C12H18N4O. The third-order valence-corrected chi connectivity index (χ3v) is 3.30. The van der Waals surface area contributed by atoms with Crippen molar-refractivity contribution in [2.75, 3.05) is 11.9 Å². The molecule has 0 aliphatic heterocycles. The average molecular weight is 234 g/mol. The number of carbonyl (C=O) groups is 1. The molecule has 2 rings (SSSR count). The van der Waals surface area contributed by atoms with Crippen molar-refractivity contribution in [3.8, 4) is 0 Å². The third kappa shape index (κ3) is 2.94. The summed E-state index contributed by atoms with van der Waals surface area (Å²) in [5.74, 6) is 0.00594. The van der Waals surface area contributed by atoms with Gasteiger partial charge in [0.2, 0.25) is 0 Å². The van der Waals surface area contributed by atoms with Gasteiger partial charge in [0.25, 0.3) is 5.91 Å². The maximum atomic E-state index is 11.0. The molecule has 1 heterocycles. The lowest BCUT2D eigenvalue weighted by Gasteiger charge is -2.16. The Morgan fingerprint density at radius 2 is 2.35 bits per heavy atom. The molecule has 1 aliphatic rings. The van der Waals surface area contributed by atoms with Crippen LogP contribution >= 0.6 is 0 Å². The highest BCUT2D eigenvalue weighted by molar-refractivity contribution is 5.91. The molecule has 2 atom stereocenters. The zero-order chi connectivity index (χ0) is 12.3. The van der Waals surface area contributed by atoms with E-state index in [9.17, 15) is 4.79 Å². The Labute approximate surface area is 101 Å². The van der Waals surface area contributed by atoms with Gasteiger partial charge < -0.3 is 16.8 Å². The molecule has 1 aromatic rings. The van der Waals surface area contributed by atoms with Crippen molar-refractivity contribution in [1.82, 2.24) is 4.98 Å². The zero-order valence-corrected chi connectivity index (χ0v) is 9.73. The number of amides is 1. The van der Waals surface area contributed by atoms with Crippen molar-refractivity contribution >= 4 is 11.6 Å². The van der Waals surface area contributed by atoms with Crippen LogP contribution in [-0.4, -0.2) is 23.5 Å². The van der Waals surface area contributed by atoms with Crippen molar-refractivity contribution in [2.24, 2.45) is 17.4 Å². The summed E-state index contributed by atoms with van der Waals surface area (Å²) in [6.45, 7) is 0.837. The van der Waals surface area contributed by atoms with Crippen LogP contribution in [0.25, 0.3) is 0 Å². The van der Waals surface area contributed by atoms with Crippen molar-refractivity contribution < 1.29 is 4.79 Å². The summed E-state index contributed by atoms with van der Waals surface area (Å²) in [5, 5.41) is 3.28. The number of anilines is 1. The van der Waals surface area contributed by atoms with E-state index in [0.29, 0.717) is 12.0 Å². The van der Waals surface area contributed by atoms with E-state index in [0.717, 1.165) is 18.7 Å². The zero-order valence-electron chi connectivity index (χ0n) is 9.73. The minimum Gasteiger partial charge on any atom is -0.385 e.